The monoisotopic (exact) mass is 2070 g/mol. The maximum absolute atomic E-state index is 15.0. The Kier molecular flexibility index (Phi) is 36.9. The Morgan fingerprint density at radius 1 is 0.360 bits per heavy atom. The van der Waals surface area contributed by atoms with Crippen molar-refractivity contribution in [2.75, 3.05) is 75.8 Å². The number of nitrogen functional groups attached to an aromatic ring is 4. The van der Waals surface area contributed by atoms with E-state index in [4.69, 9.17) is 50.9 Å². The van der Waals surface area contributed by atoms with E-state index in [1.807, 2.05) is 0 Å². The molecule has 0 radical (unpaired) electrons. The van der Waals surface area contributed by atoms with Crippen LogP contribution in [0.4, 0.5) is 49.6 Å². The minimum absolute atomic E-state index is 0.137. The van der Waals surface area contributed by atoms with Crippen molar-refractivity contribution in [3.63, 3.8) is 0 Å². The van der Waals surface area contributed by atoms with Gasteiger partial charge < -0.3 is 84.7 Å². The molecule has 12 aromatic rings. The summed E-state index contributed by atoms with van der Waals surface area (Å²) in [6.07, 6.45) is 18.1. The summed E-state index contributed by atoms with van der Waals surface area (Å²) in [4.78, 5) is 86.6. The van der Waals surface area contributed by atoms with Crippen LogP contribution in [-0.2, 0) is 4.74 Å². The van der Waals surface area contributed by atoms with Crippen molar-refractivity contribution < 1.29 is 86.0 Å². The molecule has 4 aliphatic rings. The maximum atomic E-state index is 15.0. The Balaban J connectivity index is 0.000000156. The highest BCUT2D eigenvalue weighted by Crippen LogP contribution is 2.41. The van der Waals surface area contributed by atoms with E-state index in [2.05, 4.69) is 93.0 Å². The number of nitrogens with two attached hydrogens (primary N) is 4. The van der Waals surface area contributed by atoms with Crippen molar-refractivity contribution in [1.82, 2.24) is 61.1 Å². The number of carbonyl (C=O) groups is 4. The largest absolute Gasteiger partial charge is 0.396 e. The number of aliphatic hydroxyl groups is 7. The summed E-state index contributed by atoms with van der Waals surface area (Å²) in [5.74, 6) is -4.96. The van der Waals surface area contributed by atoms with Crippen LogP contribution in [0.2, 0.25) is 10.0 Å². The van der Waals surface area contributed by atoms with E-state index in [1.54, 1.807) is 97.6 Å². The van der Waals surface area contributed by atoms with Gasteiger partial charge in [0.15, 0.2) is 0 Å². The lowest BCUT2D eigenvalue weighted by atomic mass is 9.81. The Bertz CT molecular complexity index is 6310. The third-order valence-corrected chi connectivity index (χ3v) is 26.4. The smallest absolute Gasteiger partial charge is 0.254 e. The molecule has 19 N–H and O–H groups in total. The second-order valence-corrected chi connectivity index (χ2v) is 37.1. The third-order valence-electron chi connectivity index (χ3n) is 25.1. The molecule has 8 aromatic carbocycles. The molecule has 5 heterocycles. The summed E-state index contributed by atoms with van der Waals surface area (Å²) in [5, 5.41) is 78.6. The van der Waals surface area contributed by atoms with Gasteiger partial charge in [-0.15, -0.1) is 0 Å². The van der Waals surface area contributed by atoms with Gasteiger partial charge in [-0.2, -0.15) is 0 Å². The number of anilines is 4. The molecule has 38 heteroatoms. The van der Waals surface area contributed by atoms with Crippen molar-refractivity contribution in [2.45, 2.75) is 144 Å². The normalized spacial score (nSPS) is 17.9. The highest BCUT2D eigenvalue weighted by Gasteiger charge is 2.32. The van der Waals surface area contributed by atoms with Crippen LogP contribution in [0, 0.1) is 46.7 Å². The van der Waals surface area contributed by atoms with Gasteiger partial charge in [-0.25, -0.2) is 66.2 Å². The summed E-state index contributed by atoms with van der Waals surface area (Å²) < 4.78 is 93.8. The van der Waals surface area contributed by atoms with Crippen LogP contribution < -0.4 is 44.2 Å². The maximum Gasteiger partial charge on any atom is 0.254 e. The van der Waals surface area contributed by atoms with Gasteiger partial charge >= 0.3 is 0 Å². The van der Waals surface area contributed by atoms with Gasteiger partial charge in [0.2, 0.25) is 0 Å². The number of hydrogen-bond acceptors (Lipinski definition) is 24. The van der Waals surface area contributed by atoms with Crippen LogP contribution in [0.25, 0.3) is 45.0 Å². The minimum atomic E-state index is -0.930. The number of nitrogens with zero attached hydrogens (tertiary/aromatic N) is 8. The topological polar surface area (TPSA) is 474 Å². The summed E-state index contributed by atoms with van der Waals surface area (Å²) in [5.41, 5.74) is 31.3. The Labute approximate surface area is 824 Å². The molecule has 4 atom stereocenters. The number of nitrogens with one attached hydrogen (secondary N) is 4. The lowest BCUT2D eigenvalue weighted by Gasteiger charge is -2.27. The van der Waals surface area contributed by atoms with Gasteiger partial charge in [0.05, 0.1) is 127 Å². The fraction of sp³-hybridized carbons (Fsp3) is 0.327. The summed E-state index contributed by atoms with van der Waals surface area (Å²) in [6.45, 7) is -0.0318. The van der Waals surface area contributed by atoms with E-state index in [1.165, 1.54) is 78.9 Å². The van der Waals surface area contributed by atoms with Crippen LogP contribution in [0.5, 0.6) is 0 Å². The SMILES string of the molecule is Nc1ncc(C2CCC(CO)CC2)nc1-c1ccc(C(=O)N[C@H](CO)c2cc(F)cc(Br)c2)c(F)c1.Nc1ncc(C2CCC(CO)CC2)nc1-c1ccc(C(=O)N[C@H](CO)c2cccc(Cl)c2)c(F)c1.Nc1ncc(C2CCC(O)CC2)nc1-c1ccc(C(=O)N[C@H](CO)c2cc(F)cc(Br)c2)c(F)c1.Nc1ncc(C2CCOCC2)nc1-c1ccc(C(=O)N[C@H](CO)c2cccc(Cl)c2)c(F)c1. The summed E-state index contributed by atoms with van der Waals surface area (Å²) in [6, 6.07) is 34.5. The van der Waals surface area contributed by atoms with Crippen LogP contribution in [0.3, 0.4) is 0 Å². The fourth-order valence-corrected chi connectivity index (χ4v) is 18.6. The van der Waals surface area contributed by atoms with Gasteiger partial charge in [0, 0.05) is 91.3 Å². The molecule has 3 aliphatic carbocycles. The molecular formula is C101H104Br2Cl2F6N16O12. The third kappa shape index (κ3) is 27.4. The van der Waals surface area contributed by atoms with E-state index in [9.17, 15) is 72.5 Å². The Hall–Kier alpha value is -12.0. The minimum Gasteiger partial charge on any atom is -0.396 e. The van der Waals surface area contributed by atoms with Crippen molar-refractivity contribution in [3.8, 4) is 45.0 Å². The Morgan fingerprint density at radius 3 is 0.892 bits per heavy atom. The predicted molar refractivity (Wildman–Crippen MR) is 521 cm³/mol. The van der Waals surface area contributed by atoms with E-state index >= 15 is 8.78 Å². The predicted octanol–water partition coefficient (Wildman–Crippen LogP) is 16.9. The molecule has 28 nitrogen and oxygen atoms in total. The quantitative estimate of drug-likeness (QED) is 0.0224. The first-order valence-corrected chi connectivity index (χ1v) is 47.5. The Morgan fingerprint density at radius 2 is 0.633 bits per heavy atom. The number of amides is 4. The molecule has 0 bridgehead atoms. The molecule has 139 heavy (non-hydrogen) atoms. The van der Waals surface area contributed by atoms with Crippen molar-refractivity contribution in [3.05, 3.63) is 304 Å². The highest BCUT2D eigenvalue weighted by molar-refractivity contribution is 9.10. The highest BCUT2D eigenvalue weighted by atomic mass is 79.9. The van der Waals surface area contributed by atoms with E-state index in [0.29, 0.717) is 124 Å². The number of ether oxygens (including phenoxy) is 1. The molecule has 4 amide bonds. The standard InChI is InChI=1S/C26H27BrF2N4O3.C26H28ClFN4O3.C25H25BrF2N4O3.C24H24ClFN4O3/c27-18-7-17(8-19(28)10-18)23(13-35)33-26(36)20-6-5-16(9-21(20)29)24-25(30)31-11-22(32-24)15-3-1-14(12-34)2-4-15;27-19-3-1-2-17(10-19)23(14-34)32-26(35)20-9-8-18(11-21(20)28)24-25(29)30-12-22(31-24)16-6-4-15(13-33)5-7-16;26-16-7-15(8-17(27)10-16)22(12-33)32-25(35)19-6-3-14(9-20(19)28)23-24(29)30-11-21(31-23)13-1-4-18(34)5-2-13;25-17-3-1-2-15(10-17)21(13-31)30-24(32)18-5-4-16(11-19(18)26)22-23(27)28-12-20(29-22)14-6-8-33-9-7-14/h5-11,14-15,23,34-35H,1-4,12-13H2,(H2,30,31)(H,33,36);1-3,8-12,15-16,23,33-34H,4-7,13-14H2,(H2,29,30)(H,32,35);3,6-11,13,18,22,33-34H,1-2,4-5,12H2,(H2,29,30)(H,32,35);1-5,10-12,14,21,31H,6-9,13H2,(H2,27,28)(H,30,32)/t14?,15?,23-;15?,16?,23-;13?,18?,22-;21-/m1111/s1. The van der Waals surface area contributed by atoms with Gasteiger partial charge in [-0.3, -0.25) is 19.2 Å². The number of benzene rings is 8. The average Bonchev–Trinajstić information content (AvgIpc) is 0.810. The summed E-state index contributed by atoms with van der Waals surface area (Å²) >= 11 is 18.3. The molecular weight excluding hydrogens is 1970 g/mol. The number of carbonyl (C=O) groups excluding carboxylic acids is 4. The molecule has 3 saturated carbocycles. The first-order chi connectivity index (χ1) is 66.9. The van der Waals surface area contributed by atoms with Crippen molar-refractivity contribution in [2.24, 2.45) is 11.8 Å². The van der Waals surface area contributed by atoms with E-state index in [0.717, 1.165) is 106 Å². The molecule has 0 unspecified atom stereocenters. The second-order valence-electron chi connectivity index (χ2n) is 34.4. The number of rotatable bonds is 26. The van der Waals surface area contributed by atoms with Crippen molar-refractivity contribution in [1.29, 1.82) is 0 Å². The number of aliphatic hydroxyl groups excluding tert-OH is 7. The molecule has 16 rings (SSSR count). The lowest BCUT2D eigenvalue weighted by molar-refractivity contribution is 0.0844. The van der Waals surface area contributed by atoms with E-state index in [-0.39, 0.29) is 102 Å². The molecule has 1 saturated heterocycles. The van der Waals surface area contributed by atoms with Gasteiger partial charge in [0.25, 0.3) is 23.6 Å². The molecule has 730 valence electrons. The zero-order valence-electron chi connectivity index (χ0n) is 75.1. The summed E-state index contributed by atoms with van der Waals surface area (Å²) in [7, 11) is 0. The number of halogens is 10. The van der Waals surface area contributed by atoms with E-state index < -0.39 is 95.9 Å². The van der Waals surface area contributed by atoms with Crippen LogP contribution in [0.1, 0.15) is 224 Å². The van der Waals surface area contributed by atoms with Gasteiger partial charge in [0.1, 0.15) is 81.0 Å². The first-order valence-electron chi connectivity index (χ1n) is 45.2. The number of aromatic nitrogens is 8. The molecule has 4 aromatic heterocycles. The molecule has 1 aliphatic heterocycles. The lowest BCUT2D eigenvalue weighted by Crippen LogP contribution is -2.31. The van der Waals surface area contributed by atoms with Crippen LogP contribution in [0.15, 0.2) is 191 Å². The van der Waals surface area contributed by atoms with Crippen LogP contribution in [-0.4, -0.2) is 158 Å². The van der Waals surface area contributed by atoms with Gasteiger partial charge in [-0.05, 0) is 233 Å². The van der Waals surface area contributed by atoms with Crippen molar-refractivity contribution >= 4 is 102 Å². The van der Waals surface area contributed by atoms with Gasteiger partial charge in [-0.1, -0.05) is 104 Å². The molecule has 4 fully saturated rings. The second kappa shape index (κ2) is 49.2. The fourth-order valence-electron chi connectivity index (χ4n) is 17.2. The average molecular weight is 2080 g/mol. The number of hydrogen-bond donors (Lipinski definition) is 15. The van der Waals surface area contributed by atoms with Crippen LogP contribution >= 0.6 is 55.1 Å². The zero-order valence-corrected chi connectivity index (χ0v) is 79.8. The molecule has 0 spiro atoms. The first kappa shape index (κ1) is 104. The zero-order chi connectivity index (χ0) is 99.3.